The fourth-order valence-electron chi connectivity index (χ4n) is 7.61. The minimum atomic E-state index is 0.0308. The van der Waals surface area contributed by atoms with Crippen molar-refractivity contribution in [3.63, 3.8) is 0 Å². The van der Waals surface area contributed by atoms with Crippen molar-refractivity contribution in [1.29, 1.82) is 0 Å². The van der Waals surface area contributed by atoms with Crippen LogP contribution >= 0.6 is 0 Å². The van der Waals surface area contributed by atoms with Gasteiger partial charge >= 0.3 is 0 Å². The zero-order valence-electron chi connectivity index (χ0n) is 21.2. The molecule has 5 heteroatoms. The number of methoxy groups -OCH3 is 1. The molecule has 0 spiro atoms. The number of carbonyl (C=O) groups is 1. The predicted octanol–water partition coefficient (Wildman–Crippen LogP) is 5.89. The van der Waals surface area contributed by atoms with Crippen molar-refractivity contribution in [2.75, 3.05) is 13.7 Å². The van der Waals surface area contributed by atoms with Crippen LogP contribution in [0.5, 0.6) is 11.5 Å². The quantitative estimate of drug-likeness (QED) is 0.385. The van der Waals surface area contributed by atoms with E-state index in [1.807, 2.05) is 18.2 Å². The van der Waals surface area contributed by atoms with Crippen LogP contribution in [0.3, 0.4) is 0 Å². The number of nitrogens with one attached hydrogen (secondary N) is 1. The number of carbonyl (C=O) groups excluding carboxylic acids is 1. The van der Waals surface area contributed by atoms with Gasteiger partial charge in [-0.25, -0.2) is 0 Å². The average Bonchev–Trinajstić information content (AvgIpc) is 3.17. The molecule has 1 amide bonds. The van der Waals surface area contributed by atoms with E-state index in [1.54, 1.807) is 13.2 Å². The molecule has 0 saturated heterocycles. The van der Waals surface area contributed by atoms with Gasteiger partial charge in [0.05, 0.1) is 13.5 Å². The van der Waals surface area contributed by atoms with Crippen molar-refractivity contribution in [2.45, 2.75) is 57.0 Å². The van der Waals surface area contributed by atoms with Gasteiger partial charge in [-0.1, -0.05) is 24.8 Å². The Morgan fingerprint density at radius 1 is 1.08 bits per heavy atom. The Morgan fingerprint density at radius 2 is 1.83 bits per heavy atom. The van der Waals surface area contributed by atoms with Gasteiger partial charge in [0.1, 0.15) is 18.1 Å². The molecular weight excluding hydrogens is 448 g/mol. The lowest BCUT2D eigenvalue weighted by atomic mass is 9.53. The maximum Gasteiger partial charge on any atom is 0.224 e. The molecule has 3 aromatic rings. The molecule has 188 valence electrons. The third-order valence-electron chi connectivity index (χ3n) is 8.58. The van der Waals surface area contributed by atoms with Crippen molar-refractivity contribution in [2.24, 2.45) is 17.8 Å². The van der Waals surface area contributed by atoms with Crippen LogP contribution in [0.2, 0.25) is 0 Å². The molecule has 0 radical (unpaired) electrons. The highest BCUT2D eigenvalue weighted by atomic mass is 16.5. The summed E-state index contributed by atoms with van der Waals surface area (Å²) in [5.41, 5.74) is 3.33. The van der Waals surface area contributed by atoms with E-state index in [2.05, 4.69) is 46.9 Å². The Bertz CT molecular complexity index is 1250. The fourth-order valence-corrected chi connectivity index (χ4v) is 7.61. The summed E-state index contributed by atoms with van der Waals surface area (Å²) in [6.07, 6.45) is 11.9. The molecular formula is C31H36N2O3. The number of benzene rings is 2. The number of amides is 1. The Kier molecular flexibility index (Phi) is 6.02. The third-order valence-corrected chi connectivity index (χ3v) is 8.58. The number of rotatable bonds is 9. The molecule has 4 aliphatic carbocycles. The second-order valence-corrected chi connectivity index (χ2v) is 11.3. The molecule has 7 rings (SSSR count). The molecule has 2 aromatic carbocycles. The van der Waals surface area contributed by atoms with Crippen LogP contribution in [0.25, 0.3) is 10.9 Å². The Labute approximate surface area is 213 Å². The minimum Gasteiger partial charge on any atom is -0.497 e. The molecule has 0 unspecified atom stereocenters. The van der Waals surface area contributed by atoms with Crippen LogP contribution in [0.15, 0.2) is 61.3 Å². The van der Waals surface area contributed by atoms with Crippen molar-refractivity contribution in [1.82, 2.24) is 9.88 Å². The van der Waals surface area contributed by atoms with Gasteiger partial charge in [0.25, 0.3) is 0 Å². The Hall–Kier alpha value is -3.21. The lowest BCUT2D eigenvalue weighted by molar-refractivity contribution is -0.126. The minimum absolute atomic E-state index is 0.0308. The third kappa shape index (κ3) is 4.52. The van der Waals surface area contributed by atoms with Gasteiger partial charge in [0, 0.05) is 29.2 Å². The molecule has 4 saturated carbocycles. The first-order valence-corrected chi connectivity index (χ1v) is 13.3. The molecule has 1 heterocycles. The Morgan fingerprint density at radius 3 is 2.53 bits per heavy atom. The predicted molar refractivity (Wildman–Crippen MR) is 142 cm³/mol. The standard InChI is InChI=1S/C31H36N2O3/c1-3-9-36-27-7-8-29-28(15-27)25(20-33(29)19-21-5-4-6-26(13-21)35-2)14-30(34)32-31-16-22-10-23(17-31)12-24(11-22)18-31/h3-8,13,15,20,22-24H,1,9-12,14,16-19H2,2H3,(H,32,34). The van der Waals surface area contributed by atoms with Crippen LogP contribution in [0.4, 0.5) is 0 Å². The number of hydrogen-bond donors (Lipinski definition) is 1. The number of nitrogens with zero attached hydrogens (tertiary/aromatic N) is 1. The van der Waals surface area contributed by atoms with E-state index >= 15 is 0 Å². The van der Waals surface area contributed by atoms with Gasteiger partial charge in [0.15, 0.2) is 0 Å². The van der Waals surface area contributed by atoms with E-state index in [0.29, 0.717) is 19.6 Å². The fraction of sp³-hybridized carbons (Fsp3) is 0.452. The first-order chi connectivity index (χ1) is 17.5. The van der Waals surface area contributed by atoms with Crippen LogP contribution < -0.4 is 14.8 Å². The van der Waals surface area contributed by atoms with Gasteiger partial charge in [-0.3, -0.25) is 4.79 Å². The molecule has 1 N–H and O–H groups in total. The summed E-state index contributed by atoms with van der Waals surface area (Å²) in [5.74, 6) is 4.22. The van der Waals surface area contributed by atoms with Crippen LogP contribution in [0.1, 0.15) is 49.7 Å². The molecule has 4 aliphatic rings. The van der Waals surface area contributed by atoms with E-state index in [1.165, 1.54) is 38.5 Å². The number of fused-ring (bicyclic) bond motifs is 1. The lowest BCUT2D eigenvalue weighted by Crippen LogP contribution is -2.60. The summed E-state index contributed by atoms with van der Waals surface area (Å²) >= 11 is 0. The highest BCUT2D eigenvalue weighted by Crippen LogP contribution is 2.55. The summed E-state index contributed by atoms with van der Waals surface area (Å²) in [4.78, 5) is 13.5. The molecule has 4 fully saturated rings. The maximum absolute atomic E-state index is 13.5. The van der Waals surface area contributed by atoms with Crippen molar-refractivity contribution in [3.8, 4) is 11.5 Å². The van der Waals surface area contributed by atoms with Gasteiger partial charge in [-0.15, -0.1) is 0 Å². The highest BCUT2D eigenvalue weighted by molar-refractivity contribution is 5.90. The summed E-state index contributed by atoms with van der Waals surface area (Å²) in [7, 11) is 1.69. The van der Waals surface area contributed by atoms with Gasteiger partial charge in [0.2, 0.25) is 5.91 Å². The van der Waals surface area contributed by atoms with Crippen molar-refractivity contribution in [3.05, 3.63) is 72.4 Å². The number of hydrogen-bond acceptors (Lipinski definition) is 3. The average molecular weight is 485 g/mol. The zero-order chi connectivity index (χ0) is 24.7. The summed E-state index contributed by atoms with van der Waals surface area (Å²) in [5, 5.41) is 4.62. The van der Waals surface area contributed by atoms with Crippen LogP contribution in [-0.4, -0.2) is 29.7 Å². The van der Waals surface area contributed by atoms with Crippen LogP contribution in [0, 0.1) is 17.8 Å². The van der Waals surface area contributed by atoms with Crippen molar-refractivity contribution < 1.29 is 14.3 Å². The highest BCUT2D eigenvalue weighted by Gasteiger charge is 2.51. The second-order valence-electron chi connectivity index (χ2n) is 11.3. The lowest BCUT2D eigenvalue weighted by Gasteiger charge is -2.56. The molecule has 0 atom stereocenters. The van der Waals surface area contributed by atoms with E-state index in [4.69, 9.17) is 9.47 Å². The first kappa shape index (κ1) is 23.2. The molecule has 5 nitrogen and oxygen atoms in total. The molecule has 36 heavy (non-hydrogen) atoms. The maximum atomic E-state index is 13.5. The van der Waals surface area contributed by atoms with Gasteiger partial charge < -0.3 is 19.4 Å². The van der Waals surface area contributed by atoms with Crippen LogP contribution in [-0.2, 0) is 17.8 Å². The second kappa shape index (κ2) is 9.34. The zero-order valence-corrected chi connectivity index (χ0v) is 21.2. The van der Waals surface area contributed by atoms with Gasteiger partial charge in [-0.05, 0) is 97.7 Å². The molecule has 1 aromatic heterocycles. The normalized spacial score (nSPS) is 26.2. The number of aromatic nitrogens is 1. The van der Waals surface area contributed by atoms with E-state index in [0.717, 1.165) is 51.3 Å². The van der Waals surface area contributed by atoms with Gasteiger partial charge in [-0.2, -0.15) is 0 Å². The van der Waals surface area contributed by atoms with E-state index in [-0.39, 0.29) is 11.4 Å². The molecule has 0 aliphatic heterocycles. The topological polar surface area (TPSA) is 52.5 Å². The summed E-state index contributed by atoms with van der Waals surface area (Å²) in [6.45, 7) is 4.92. The van der Waals surface area contributed by atoms with E-state index < -0.39 is 0 Å². The summed E-state index contributed by atoms with van der Waals surface area (Å²) in [6, 6.07) is 14.3. The first-order valence-electron chi connectivity index (χ1n) is 13.3. The summed E-state index contributed by atoms with van der Waals surface area (Å²) < 4.78 is 13.5. The number of ether oxygens (including phenoxy) is 2. The Balaban J connectivity index is 1.27. The SMILES string of the molecule is C=CCOc1ccc2c(c1)c(CC(=O)NC13CC4CC(CC(C4)C1)C3)cn2Cc1cccc(OC)c1. The smallest absolute Gasteiger partial charge is 0.224 e. The largest absolute Gasteiger partial charge is 0.497 e. The molecule has 4 bridgehead atoms. The van der Waals surface area contributed by atoms with Crippen molar-refractivity contribution >= 4 is 16.8 Å². The monoisotopic (exact) mass is 484 g/mol. The van der Waals surface area contributed by atoms with E-state index in [9.17, 15) is 4.79 Å².